The Morgan fingerprint density at radius 2 is 2.20 bits per heavy atom. The first-order valence-corrected chi connectivity index (χ1v) is 3.06. The Labute approximate surface area is 59.1 Å². The largest absolute Gasteiger partial charge is 0.461 e. The van der Waals surface area contributed by atoms with E-state index in [0.717, 1.165) is 11.4 Å². The highest BCUT2D eigenvalue weighted by molar-refractivity contribution is 5.58. The van der Waals surface area contributed by atoms with Crippen LogP contribution < -0.4 is 10.1 Å². The van der Waals surface area contributed by atoms with Crippen LogP contribution in [-0.4, -0.2) is 0 Å². The highest BCUT2D eigenvalue weighted by Gasteiger charge is 2.02. The van der Waals surface area contributed by atoms with E-state index in [1.807, 2.05) is 24.3 Å². The summed E-state index contributed by atoms with van der Waals surface area (Å²) < 4.78 is 5.12. The van der Waals surface area contributed by atoms with Gasteiger partial charge in [-0.25, -0.2) is 0 Å². The minimum Gasteiger partial charge on any atom is -0.461 e. The van der Waals surface area contributed by atoms with E-state index >= 15 is 0 Å². The van der Waals surface area contributed by atoms with Crippen molar-refractivity contribution in [1.29, 1.82) is 0 Å². The summed E-state index contributed by atoms with van der Waals surface area (Å²) in [7, 11) is 0. The maximum absolute atomic E-state index is 5.12. The van der Waals surface area contributed by atoms with E-state index in [4.69, 9.17) is 4.74 Å². The molecule has 2 nitrogen and oxygen atoms in total. The molecule has 0 aliphatic carbocycles. The van der Waals surface area contributed by atoms with Gasteiger partial charge in [-0.1, -0.05) is 12.1 Å². The van der Waals surface area contributed by atoms with Crippen LogP contribution in [0.1, 0.15) is 0 Å². The minimum absolute atomic E-state index is 0.848. The molecule has 0 fully saturated rings. The third-order valence-corrected chi connectivity index (χ3v) is 1.34. The highest BCUT2D eigenvalue weighted by atomic mass is 16.5. The summed E-state index contributed by atoms with van der Waals surface area (Å²) in [4.78, 5) is 0. The van der Waals surface area contributed by atoms with Gasteiger partial charge >= 0.3 is 0 Å². The molecule has 0 unspecified atom stereocenters. The quantitative estimate of drug-likeness (QED) is 0.580. The van der Waals surface area contributed by atoms with E-state index in [0.29, 0.717) is 0 Å². The van der Waals surface area contributed by atoms with E-state index < -0.39 is 0 Å². The van der Waals surface area contributed by atoms with Crippen molar-refractivity contribution in [3.63, 3.8) is 0 Å². The number of fused-ring (bicyclic) bond motifs is 1. The number of hydrogen-bond acceptors (Lipinski definition) is 2. The molecule has 1 aliphatic rings. The van der Waals surface area contributed by atoms with Crippen molar-refractivity contribution in [2.75, 3.05) is 5.32 Å². The van der Waals surface area contributed by atoms with Crippen LogP contribution in [0, 0.1) is 6.20 Å². The summed E-state index contributed by atoms with van der Waals surface area (Å²) >= 11 is 0. The molecule has 1 aliphatic heterocycles. The molecule has 1 aromatic carbocycles. The lowest BCUT2D eigenvalue weighted by atomic mass is 10.3. The lowest BCUT2D eigenvalue weighted by molar-refractivity contribution is 0.474. The lowest BCUT2D eigenvalue weighted by Gasteiger charge is -2.10. The van der Waals surface area contributed by atoms with Gasteiger partial charge in [0.2, 0.25) is 0 Å². The van der Waals surface area contributed by atoms with Gasteiger partial charge in [0.25, 0.3) is 0 Å². The van der Waals surface area contributed by atoms with E-state index in [9.17, 15) is 0 Å². The predicted octanol–water partition coefficient (Wildman–Crippen LogP) is 1.77. The lowest BCUT2D eigenvalue weighted by Crippen LogP contribution is -1.98. The Balaban J connectivity index is 2.47. The predicted molar refractivity (Wildman–Crippen MR) is 38.5 cm³/mol. The van der Waals surface area contributed by atoms with E-state index in [1.165, 1.54) is 6.26 Å². The average molecular weight is 132 g/mol. The molecule has 1 N–H and O–H groups in total. The Kier molecular flexibility index (Phi) is 1.10. The van der Waals surface area contributed by atoms with Gasteiger partial charge < -0.3 is 10.1 Å². The van der Waals surface area contributed by atoms with Crippen molar-refractivity contribution in [3.8, 4) is 5.75 Å². The summed E-state index contributed by atoms with van der Waals surface area (Å²) in [6.45, 7) is 0. The first kappa shape index (κ1) is 5.35. The van der Waals surface area contributed by atoms with Crippen molar-refractivity contribution in [2.24, 2.45) is 0 Å². The Morgan fingerprint density at radius 1 is 1.30 bits per heavy atom. The van der Waals surface area contributed by atoms with E-state index in [-0.39, 0.29) is 0 Å². The molecule has 1 radical (unpaired) electrons. The Hall–Kier alpha value is -1.44. The second kappa shape index (κ2) is 2.06. The van der Waals surface area contributed by atoms with Gasteiger partial charge in [-0.15, -0.1) is 0 Å². The number of ether oxygens (including phenoxy) is 1. The Bertz CT molecular complexity index is 241. The highest BCUT2D eigenvalue weighted by Crippen LogP contribution is 2.25. The Morgan fingerprint density at radius 3 is 3.10 bits per heavy atom. The topological polar surface area (TPSA) is 21.3 Å². The first-order valence-electron chi connectivity index (χ1n) is 3.06. The molecule has 2 rings (SSSR count). The van der Waals surface area contributed by atoms with Gasteiger partial charge in [0.05, 0.1) is 5.69 Å². The summed E-state index contributed by atoms with van der Waals surface area (Å²) in [6, 6.07) is 7.72. The van der Waals surface area contributed by atoms with Gasteiger partial charge in [0, 0.05) is 0 Å². The zero-order valence-electron chi connectivity index (χ0n) is 5.29. The van der Waals surface area contributed by atoms with Crippen LogP contribution >= 0.6 is 0 Å². The van der Waals surface area contributed by atoms with Gasteiger partial charge in [0.15, 0.2) is 0 Å². The molecule has 2 heteroatoms. The normalized spacial score (nSPS) is 13.2. The van der Waals surface area contributed by atoms with Crippen LogP contribution in [0.4, 0.5) is 5.69 Å². The molecule has 0 saturated heterocycles. The molecule has 10 heavy (non-hydrogen) atoms. The number of hydrogen-bond donors (Lipinski definition) is 1. The SMILES string of the molecule is [C]1=COc2ccccc2N1. The number of rotatable bonds is 0. The summed E-state index contributed by atoms with van der Waals surface area (Å²) in [6.07, 6.45) is 4.25. The van der Waals surface area contributed by atoms with E-state index in [2.05, 4.69) is 11.5 Å². The fraction of sp³-hybridized carbons (Fsp3) is 0. The zero-order chi connectivity index (χ0) is 6.81. The fourth-order valence-electron chi connectivity index (χ4n) is 0.873. The average Bonchev–Trinajstić information content (AvgIpc) is 2.05. The van der Waals surface area contributed by atoms with Crippen molar-refractivity contribution in [1.82, 2.24) is 0 Å². The molecular formula is C8H6NO. The number of para-hydroxylation sites is 2. The van der Waals surface area contributed by atoms with Crippen LogP contribution in [0.2, 0.25) is 0 Å². The minimum atomic E-state index is 0.848. The van der Waals surface area contributed by atoms with Crippen LogP contribution in [0.5, 0.6) is 5.75 Å². The van der Waals surface area contributed by atoms with E-state index in [1.54, 1.807) is 0 Å². The van der Waals surface area contributed by atoms with Crippen molar-refractivity contribution in [3.05, 3.63) is 36.7 Å². The second-order valence-corrected chi connectivity index (χ2v) is 2.00. The van der Waals surface area contributed by atoms with Crippen molar-refractivity contribution < 1.29 is 4.74 Å². The zero-order valence-corrected chi connectivity index (χ0v) is 5.29. The van der Waals surface area contributed by atoms with Crippen molar-refractivity contribution in [2.45, 2.75) is 0 Å². The summed E-state index contributed by atoms with van der Waals surface area (Å²) in [5, 5.41) is 2.93. The van der Waals surface area contributed by atoms with Gasteiger partial charge in [-0.05, 0) is 12.1 Å². The van der Waals surface area contributed by atoms with Crippen molar-refractivity contribution >= 4 is 5.69 Å². The van der Waals surface area contributed by atoms with Gasteiger partial charge in [-0.3, -0.25) is 0 Å². The van der Waals surface area contributed by atoms with Crippen LogP contribution in [0.15, 0.2) is 30.5 Å². The molecular weight excluding hydrogens is 126 g/mol. The second-order valence-electron chi connectivity index (χ2n) is 2.00. The monoisotopic (exact) mass is 132 g/mol. The molecule has 1 heterocycles. The standard InChI is InChI=1S/C8H6NO/c1-2-4-8-7(3-1)9-5-6-10-8/h1-4,6,9H. The van der Waals surface area contributed by atoms with Crippen LogP contribution in [0.3, 0.4) is 0 Å². The maximum atomic E-state index is 5.12. The first-order chi connectivity index (χ1) is 4.97. The van der Waals surface area contributed by atoms with Gasteiger partial charge in [0.1, 0.15) is 18.2 Å². The maximum Gasteiger partial charge on any atom is 0.150 e. The third-order valence-electron chi connectivity index (χ3n) is 1.34. The smallest absolute Gasteiger partial charge is 0.150 e. The summed E-state index contributed by atoms with van der Waals surface area (Å²) in [5.41, 5.74) is 0.963. The molecule has 0 spiro atoms. The molecule has 0 saturated carbocycles. The fourth-order valence-corrected chi connectivity index (χ4v) is 0.873. The third kappa shape index (κ3) is 0.739. The number of anilines is 1. The molecule has 0 bridgehead atoms. The molecule has 1 aromatic rings. The molecule has 0 aromatic heterocycles. The molecule has 49 valence electrons. The number of nitrogens with one attached hydrogen (secondary N) is 1. The number of benzene rings is 1. The van der Waals surface area contributed by atoms with Crippen LogP contribution in [0.25, 0.3) is 0 Å². The molecule has 0 atom stereocenters. The summed E-state index contributed by atoms with van der Waals surface area (Å²) in [5.74, 6) is 0.848. The van der Waals surface area contributed by atoms with Crippen LogP contribution in [-0.2, 0) is 0 Å². The van der Waals surface area contributed by atoms with Gasteiger partial charge in [-0.2, -0.15) is 0 Å². The molecule has 0 amide bonds.